The Labute approximate surface area is 225 Å². The van der Waals surface area contributed by atoms with Gasteiger partial charge in [0.25, 0.3) is 0 Å². The molecule has 1 aliphatic rings. The lowest BCUT2D eigenvalue weighted by molar-refractivity contribution is -0.141. The zero-order valence-corrected chi connectivity index (χ0v) is 22.2. The maximum atomic E-state index is 12.9. The van der Waals surface area contributed by atoms with E-state index in [0.29, 0.717) is 40.7 Å². The second-order valence-electron chi connectivity index (χ2n) is 7.94. The summed E-state index contributed by atoms with van der Waals surface area (Å²) in [6.07, 6.45) is -0.224. The van der Waals surface area contributed by atoms with Crippen LogP contribution < -0.4 is 16.8 Å². The predicted octanol–water partition coefficient (Wildman–Crippen LogP) is 1.53. The molecule has 0 fully saturated rings. The standard InChI is InChI=1S/C20H25ClN2O5.C5H9NO4/c1-4-28-20(25)18-15(11-27-10-9-22)23-12(2)16(19(24)26-3)17(18)13-7-5-6-8-14(13)21;6-3(5(9)10)1-2-4(7)8/h5-8,17,23H,4,9-11,22H2,1-3H3;3H,1-2,6H2,(H,7,8)(H,9,10)/t17-;3-/m00/s1. The SMILES string of the molecule is CCOC(=O)C1=C(COCCN)NC(C)=C(C(=O)OC)[C@@H]1c1ccccc1Cl.N[C@@H](CCC(=O)O)C(=O)O. The summed E-state index contributed by atoms with van der Waals surface area (Å²) in [5.74, 6) is -4.06. The first-order chi connectivity index (χ1) is 18.0. The summed E-state index contributed by atoms with van der Waals surface area (Å²) < 4.78 is 15.8. The van der Waals surface area contributed by atoms with E-state index in [0.717, 1.165) is 0 Å². The smallest absolute Gasteiger partial charge is 0.336 e. The van der Waals surface area contributed by atoms with Crippen LogP contribution in [0.5, 0.6) is 0 Å². The van der Waals surface area contributed by atoms with Gasteiger partial charge in [0.05, 0.1) is 49.7 Å². The van der Waals surface area contributed by atoms with E-state index in [2.05, 4.69) is 5.32 Å². The van der Waals surface area contributed by atoms with E-state index in [9.17, 15) is 19.2 Å². The number of esters is 2. The molecule has 1 aromatic carbocycles. The molecule has 0 radical (unpaired) electrons. The van der Waals surface area contributed by atoms with Crippen LogP contribution in [-0.4, -0.2) is 73.6 Å². The van der Waals surface area contributed by atoms with Gasteiger partial charge in [0, 0.05) is 23.7 Å². The molecule has 2 rings (SSSR count). The van der Waals surface area contributed by atoms with Crippen molar-refractivity contribution in [3.05, 3.63) is 57.4 Å². The second kappa shape index (κ2) is 16.4. The van der Waals surface area contributed by atoms with Gasteiger partial charge in [-0.15, -0.1) is 0 Å². The number of rotatable bonds is 12. The third-order valence-corrected chi connectivity index (χ3v) is 5.60. The molecular formula is C25H34ClN3O9. The first-order valence-corrected chi connectivity index (χ1v) is 12.1. The summed E-state index contributed by atoms with van der Waals surface area (Å²) >= 11 is 6.42. The van der Waals surface area contributed by atoms with Crippen LogP contribution in [0.25, 0.3) is 0 Å². The lowest BCUT2D eigenvalue weighted by Crippen LogP contribution is -2.35. The molecule has 7 N–H and O–H groups in total. The Hall–Kier alpha value is -3.45. The van der Waals surface area contributed by atoms with Gasteiger partial charge in [0.1, 0.15) is 6.04 Å². The Morgan fingerprint density at radius 1 is 1.13 bits per heavy atom. The molecule has 0 saturated heterocycles. The molecule has 1 aromatic rings. The van der Waals surface area contributed by atoms with Crippen LogP contribution in [0.1, 0.15) is 38.2 Å². The van der Waals surface area contributed by atoms with Crippen molar-refractivity contribution in [1.82, 2.24) is 5.32 Å². The van der Waals surface area contributed by atoms with Crippen molar-refractivity contribution in [2.24, 2.45) is 11.5 Å². The van der Waals surface area contributed by atoms with Crippen LogP contribution in [0, 0.1) is 0 Å². The van der Waals surface area contributed by atoms with Crippen LogP contribution in [0.15, 0.2) is 46.8 Å². The zero-order chi connectivity index (χ0) is 28.8. The van der Waals surface area contributed by atoms with E-state index in [-0.39, 0.29) is 31.6 Å². The van der Waals surface area contributed by atoms with Crippen molar-refractivity contribution in [2.75, 3.05) is 33.5 Å². The van der Waals surface area contributed by atoms with Crippen LogP contribution >= 0.6 is 11.6 Å². The van der Waals surface area contributed by atoms with E-state index < -0.39 is 35.8 Å². The highest BCUT2D eigenvalue weighted by atomic mass is 35.5. The molecule has 0 aliphatic carbocycles. The normalized spacial score (nSPS) is 15.6. The number of allylic oxidation sites excluding steroid dienone is 1. The molecule has 0 unspecified atom stereocenters. The number of carboxylic acids is 2. The number of hydrogen-bond donors (Lipinski definition) is 5. The number of aliphatic carboxylic acids is 2. The lowest BCUT2D eigenvalue weighted by atomic mass is 9.80. The fraction of sp³-hybridized carbons (Fsp3) is 0.440. The van der Waals surface area contributed by atoms with Crippen molar-refractivity contribution >= 4 is 35.5 Å². The Bertz CT molecular complexity index is 1070. The van der Waals surface area contributed by atoms with Crippen LogP contribution in [0.2, 0.25) is 5.02 Å². The second-order valence-corrected chi connectivity index (χ2v) is 8.35. The molecule has 0 bridgehead atoms. The number of halogens is 1. The summed E-state index contributed by atoms with van der Waals surface area (Å²) in [5.41, 5.74) is 12.7. The molecular weight excluding hydrogens is 522 g/mol. The van der Waals surface area contributed by atoms with Gasteiger partial charge < -0.3 is 41.2 Å². The van der Waals surface area contributed by atoms with Gasteiger partial charge in [0.15, 0.2) is 0 Å². The number of carboxylic acid groups (broad SMARTS) is 2. The lowest BCUT2D eigenvalue weighted by Gasteiger charge is -2.31. The molecule has 0 amide bonds. The number of nitrogens with two attached hydrogens (primary N) is 2. The van der Waals surface area contributed by atoms with E-state index in [1.165, 1.54) is 7.11 Å². The number of carbonyl (C=O) groups excluding carboxylic acids is 2. The van der Waals surface area contributed by atoms with Gasteiger partial charge in [-0.2, -0.15) is 0 Å². The predicted molar refractivity (Wildman–Crippen MR) is 138 cm³/mol. The van der Waals surface area contributed by atoms with Crippen molar-refractivity contribution in [3.63, 3.8) is 0 Å². The summed E-state index contributed by atoms with van der Waals surface area (Å²) in [5, 5.41) is 19.8. The number of ether oxygens (including phenoxy) is 3. The third kappa shape index (κ3) is 9.45. The molecule has 13 heteroatoms. The van der Waals surface area contributed by atoms with Crippen LogP contribution in [0.3, 0.4) is 0 Å². The van der Waals surface area contributed by atoms with Gasteiger partial charge in [0.2, 0.25) is 0 Å². The van der Waals surface area contributed by atoms with Gasteiger partial charge >= 0.3 is 23.9 Å². The maximum absolute atomic E-state index is 12.9. The number of carbonyl (C=O) groups is 4. The molecule has 1 aliphatic heterocycles. The van der Waals surface area contributed by atoms with Gasteiger partial charge in [-0.3, -0.25) is 9.59 Å². The summed E-state index contributed by atoms with van der Waals surface area (Å²) in [4.78, 5) is 45.3. The quantitative estimate of drug-likeness (QED) is 0.184. The Morgan fingerprint density at radius 3 is 2.32 bits per heavy atom. The highest BCUT2D eigenvalue weighted by molar-refractivity contribution is 6.31. The van der Waals surface area contributed by atoms with E-state index in [1.54, 1.807) is 38.1 Å². The van der Waals surface area contributed by atoms with E-state index in [4.69, 9.17) is 47.5 Å². The van der Waals surface area contributed by atoms with E-state index in [1.807, 2.05) is 0 Å². The van der Waals surface area contributed by atoms with E-state index >= 15 is 0 Å². The van der Waals surface area contributed by atoms with Crippen molar-refractivity contribution in [2.45, 2.75) is 38.6 Å². The first-order valence-electron chi connectivity index (χ1n) is 11.7. The van der Waals surface area contributed by atoms with Gasteiger partial charge in [-0.05, 0) is 31.9 Å². The number of nitrogens with one attached hydrogen (secondary N) is 1. The average Bonchev–Trinajstić information content (AvgIpc) is 2.87. The molecule has 1 heterocycles. The topological polar surface area (TPSA) is 200 Å². The molecule has 12 nitrogen and oxygen atoms in total. The number of benzene rings is 1. The highest BCUT2D eigenvalue weighted by Crippen LogP contribution is 2.41. The fourth-order valence-corrected chi connectivity index (χ4v) is 3.77. The van der Waals surface area contributed by atoms with Crippen molar-refractivity contribution < 1.29 is 43.6 Å². The molecule has 38 heavy (non-hydrogen) atoms. The Balaban J connectivity index is 0.000000612. The molecule has 0 spiro atoms. The van der Waals surface area contributed by atoms with Crippen molar-refractivity contribution in [3.8, 4) is 0 Å². The fourth-order valence-electron chi connectivity index (χ4n) is 3.52. The average molecular weight is 556 g/mol. The van der Waals surface area contributed by atoms with Crippen molar-refractivity contribution in [1.29, 1.82) is 0 Å². The highest BCUT2D eigenvalue weighted by Gasteiger charge is 2.39. The van der Waals surface area contributed by atoms with Gasteiger partial charge in [-0.1, -0.05) is 29.8 Å². The van der Waals surface area contributed by atoms with Crippen LogP contribution in [0.4, 0.5) is 0 Å². The minimum atomic E-state index is -1.17. The third-order valence-electron chi connectivity index (χ3n) is 5.26. The summed E-state index contributed by atoms with van der Waals surface area (Å²) in [6.45, 7) is 4.42. The van der Waals surface area contributed by atoms with Gasteiger partial charge in [-0.25, -0.2) is 9.59 Å². The zero-order valence-electron chi connectivity index (χ0n) is 21.5. The Morgan fingerprint density at radius 2 is 1.79 bits per heavy atom. The molecule has 210 valence electrons. The number of dihydropyridines is 1. The summed E-state index contributed by atoms with van der Waals surface area (Å²) in [7, 11) is 1.29. The monoisotopic (exact) mass is 555 g/mol. The summed E-state index contributed by atoms with van der Waals surface area (Å²) in [6, 6.07) is 5.99. The minimum Gasteiger partial charge on any atom is -0.481 e. The largest absolute Gasteiger partial charge is 0.481 e. The maximum Gasteiger partial charge on any atom is 0.336 e. The molecule has 0 aromatic heterocycles. The molecule has 2 atom stereocenters. The first kappa shape index (κ1) is 32.6. The number of hydrogen-bond acceptors (Lipinski definition) is 10. The number of methoxy groups -OCH3 is 1. The van der Waals surface area contributed by atoms with Crippen LogP contribution in [-0.2, 0) is 33.4 Å². The minimum absolute atomic E-state index is 0.0231. The molecule has 0 saturated carbocycles. The Kier molecular flexibility index (Phi) is 14.1.